The van der Waals surface area contributed by atoms with Gasteiger partial charge in [-0.1, -0.05) is 30.0 Å². The lowest BCUT2D eigenvalue weighted by atomic mass is 10.2. The van der Waals surface area contributed by atoms with Crippen LogP contribution in [0.1, 0.15) is 6.92 Å². The molecule has 1 aromatic heterocycles. The van der Waals surface area contributed by atoms with Crippen molar-refractivity contribution in [2.24, 2.45) is 0 Å². The maximum atomic E-state index is 13.0. The van der Waals surface area contributed by atoms with Gasteiger partial charge in [0.2, 0.25) is 11.8 Å². The molecule has 3 rings (SSSR count). The predicted octanol–water partition coefficient (Wildman–Crippen LogP) is 4.02. The molecule has 0 aliphatic heterocycles. The van der Waals surface area contributed by atoms with Gasteiger partial charge < -0.3 is 9.32 Å². The predicted molar refractivity (Wildman–Crippen MR) is 94.9 cm³/mol. The highest BCUT2D eigenvalue weighted by molar-refractivity contribution is 7.99. The molecule has 0 fully saturated rings. The average Bonchev–Trinajstić information content (AvgIpc) is 3.12. The first-order valence-corrected chi connectivity index (χ1v) is 8.73. The minimum Gasteiger partial charge on any atom is -0.411 e. The molecule has 1 heterocycles. The molecular formula is C18H16FN3O2S. The number of nitrogens with zero attached hydrogens (tertiary/aromatic N) is 3. The molecule has 0 bridgehead atoms. The van der Waals surface area contributed by atoms with Gasteiger partial charge in [0.05, 0.1) is 5.75 Å². The van der Waals surface area contributed by atoms with Crippen LogP contribution in [0.15, 0.2) is 64.2 Å². The highest BCUT2D eigenvalue weighted by Crippen LogP contribution is 2.24. The van der Waals surface area contributed by atoms with Crippen LogP contribution in [-0.4, -0.2) is 28.4 Å². The zero-order valence-electron chi connectivity index (χ0n) is 13.6. The molecule has 0 aliphatic carbocycles. The fourth-order valence-electron chi connectivity index (χ4n) is 2.29. The molecular weight excluding hydrogens is 341 g/mol. The summed E-state index contributed by atoms with van der Waals surface area (Å²) in [5, 5.41) is 8.29. The Morgan fingerprint density at radius 2 is 1.84 bits per heavy atom. The van der Waals surface area contributed by atoms with Crippen molar-refractivity contribution in [2.45, 2.75) is 12.1 Å². The largest absolute Gasteiger partial charge is 0.411 e. The van der Waals surface area contributed by atoms with E-state index in [1.54, 1.807) is 17.0 Å². The van der Waals surface area contributed by atoms with Crippen LogP contribution in [0.4, 0.5) is 10.1 Å². The van der Waals surface area contributed by atoms with E-state index >= 15 is 0 Å². The number of anilines is 1. The molecule has 3 aromatic rings. The summed E-state index contributed by atoms with van der Waals surface area (Å²) >= 11 is 1.18. The minimum absolute atomic E-state index is 0.112. The molecule has 0 unspecified atom stereocenters. The highest BCUT2D eigenvalue weighted by Gasteiger charge is 2.16. The smallest absolute Gasteiger partial charge is 0.277 e. The standard InChI is InChI=1S/C18H16FN3O2S/c1-2-22(15-10-8-14(19)9-11-15)16(23)12-25-18-21-20-17(24-18)13-6-4-3-5-7-13/h3-11H,2,12H2,1H3. The number of hydrogen-bond donors (Lipinski definition) is 0. The first-order valence-electron chi connectivity index (χ1n) is 7.75. The van der Waals surface area contributed by atoms with Crippen LogP contribution in [0.2, 0.25) is 0 Å². The van der Waals surface area contributed by atoms with Gasteiger partial charge in [0, 0.05) is 17.8 Å². The molecule has 1 amide bonds. The van der Waals surface area contributed by atoms with Gasteiger partial charge in [-0.2, -0.15) is 0 Å². The molecule has 0 aliphatic rings. The molecule has 25 heavy (non-hydrogen) atoms. The Hall–Kier alpha value is -2.67. The summed E-state index contributed by atoms with van der Waals surface area (Å²) in [6.07, 6.45) is 0. The van der Waals surface area contributed by atoms with E-state index in [1.165, 1.54) is 23.9 Å². The molecule has 7 heteroatoms. The Morgan fingerprint density at radius 1 is 1.12 bits per heavy atom. The van der Waals surface area contributed by atoms with Gasteiger partial charge in [-0.3, -0.25) is 4.79 Å². The van der Waals surface area contributed by atoms with Crippen LogP contribution in [0.3, 0.4) is 0 Å². The number of benzene rings is 2. The lowest BCUT2D eigenvalue weighted by Gasteiger charge is -2.20. The van der Waals surface area contributed by atoms with E-state index in [4.69, 9.17) is 4.42 Å². The van der Waals surface area contributed by atoms with Crippen LogP contribution in [-0.2, 0) is 4.79 Å². The number of hydrogen-bond acceptors (Lipinski definition) is 5. The van der Waals surface area contributed by atoms with Crippen molar-refractivity contribution in [2.75, 3.05) is 17.2 Å². The normalized spacial score (nSPS) is 10.6. The molecule has 0 saturated carbocycles. The van der Waals surface area contributed by atoms with Gasteiger partial charge in [-0.15, -0.1) is 10.2 Å². The first kappa shape index (κ1) is 17.2. The fraction of sp³-hybridized carbons (Fsp3) is 0.167. The van der Waals surface area contributed by atoms with E-state index in [0.717, 1.165) is 5.56 Å². The van der Waals surface area contributed by atoms with Gasteiger partial charge >= 0.3 is 0 Å². The number of aromatic nitrogens is 2. The Morgan fingerprint density at radius 3 is 2.52 bits per heavy atom. The molecule has 128 valence electrons. The summed E-state index contributed by atoms with van der Waals surface area (Å²) in [6.45, 7) is 2.36. The molecule has 0 N–H and O–H groups in total. The third-order valence-electron chi connectivity index (χ3n) is 3.50. The first-order chi connectivity index (χ1) is 12.2. The van der Waals surface area contributed by atoms with Gasteiger partial charge in [0.25, 0.3) is 5.22 Å². The van der Waals surface area contributed by atoms with E-state index in [-0.39, 0.29) is 17.5 Å². The van der Waals surface area contributed by atoms with E-state index in [0.29, 0.717) is 23.3 Å². The zero-order chi connectivity index (χ0) is 17.6. The topological polar surface area (TPSA) is 59.2 Å². The molecule has 0 saturated heterocycles. The van der Waals surface area contributed by atoms with Gasteiger partial charge in [0.1, 0.15) is 5.82 Å². The molecule has 0 radical (unpaired) electrons. The number of halogens is 1. The summed E-state index contributed by atoms with van der Waals surface area (Å²) in [6, 6.07) is 15.3. The molecule has 0 atom stereocenters. The van der Waals surface area contributed by atoms with E-state index < -0.39 is 0 Å². The Balaban J connectivity index is 1.63. The monoisotopic (exact) mass is 357 g/mol. The van der Waals surface area contributed by atoms with Crippen molar-refractivity contribution in [1.29, 1.82) is 0 Å². The molecule has 2 aromatic carbocycles. The van der Waals surface area contributed by atoms with Gasteiger partial charge in [0.15, 0.2) is 0 Å². The van der Waals surface area contributed by atoms with Crippen molar-refractivity contribution in [3.8, 4) is 11.5 Å². The van der Waals surface area contributed by atoms with Crippen LogP contribution in [0.5, 0.6) is 0 Å². The maximum Gasteiger partial charge on any atom is 0.277 e. The Labute approximate surface area is 148 Å². The fourth-order valence-corrected chi connectivity index (χ4v) is 2.93. The quantitative estimate of drug-likeness (QED) is 0.624. The van der Waals surface area contributed by atoms with Crippen molar-refractivity contribution in [3.05, 3.63) is 60.4 Å². The molecule has 5 nitrogen and oxygen atoms in total. The van der Waals surface area contributed by atoms with Crippen molar-refractivity contribution in [3.63, 3.8) is 0 Å². The zero-order valence-corrected chi connectivity index (χ0v) is 14.4. The number of amides is 1. The van der Waals surface area contributed by atoms with Crippen molar-refractivity contribution in [1.82, 2.24) is 10.2 Å². The summed E-state index contributed by atoms with van der Waals surface area (Å²) < 4.78 is 18.6. The number of thioether (sulfide) groups is 1. The lowest BCUT2D eigenvalue weighted by Crippen LogP contribution is -2.32. The summed E-state index contributed by atoms with van der Waals surface area (Å²) in [7, 11) is 0. The number of carbonyl (C=O) groups excluding carboxylic acids is 1. The average molecular weight is 357 g/mol. The maximum absolute atomic E-state index is 13.0. The van der Waals surface area contributed by atoms with Crippen LogP contribution < -0.4 is 4.90 Å². The second-order valence-electron chi connectivity index (χ2n) is 5.14. The summed E-state index contributed by atoms with van der Waals surface area (Å²) in [4.78, 5) is 14.0. The Bertz CT molecular complexity index is 837. The summed E-state index contributed by atoms with van der Waals surface area (Å²) in [5.41, 5.74) is 1.49. The van der Waals surface area contributed by atoms with Gasteiger partial charge in [-0.25, -0.2) is 4.39 Å². The van der Waals surface area contributed by atoms with Crippen LogP contribution in [0.25, 0.3) is 11.5 Å². The second-order valence-corrected chi connectivity index (χ2v) is 6.07. The lowest BCUT2D eigenvalue weighted by molar-refractivity contribution is -0.116. The number of rotatable bonds is 6. The highest BCUT2D eigenvalue weighted by atomic mass is 32.2. The molecule has 0 spiro atoms. The second kappa shape index (κ2) is 7.94. The third-order valence-corrected chi connectivity index (χ3v) is 4.31. The van der Waals surface area contributed by atoms with E-state index in [1.807, 2.05) is 37.3 Å². The third kappa shape index (κ3) is 4.24. The number of carbonyl (C=O) groups is 1. The minimum atomic E-state index is -0.332. The van der Waals surface area contributed by atoms with Gasteiger partial charge in [-0.05, 0) is 43.3 Å². The summed E-state index contributed by atoms with van der Waals surface area (Å²) in [5.74, 6) is 0.127. The van der Waals surface area contributed by atoms with E-state index in [2.05, 4.69) is 10.2 Å². The van der Waals surface area contributed by atoms with Crippen LogP contribution >= 0.6 is 11.8 Å². The van der Waals surface area contributed by atoms with Crippen molar-refractivity contribution < 1.29 is 13.6 Å². The SMILES string of the molecule is CCN(C(=O)CSc1nnc(-c2ccccc2)o1)c1ccc(F)cc1. The van der Waals surface area contributed by atoms with E-state index in [9.17, 15) is 9.18 Å². The van der Waals surface area contributed by atoms with Crippen molar-refractivity contribution >= 4 is 23.4 Å². The Kier molecular flexibility index (Phi) is 5.45. The van der Waals surface area contributed by atoms with Crippen LogP contribution in [0, 0.1) is 5.82 Å².